The molecule has 3 fully saturated rings. The van der Waals surface area contributed by atoms with Crippen molar-refractivity contribution in [3.8, 4) is 0 Å². The molecule has 180 valence electrons. The largest absolute Gasteiger partial charge is 0.367 e. The average Bonchev–Trinajstić information content (AvgIpc) is 3.33. The van der Waals surface area contributed by atoms with Gasteiger partial charge in [0.05, 0.1) is 6.61 Å². The molecule has 6 rings (SSSR count). The number of fused-ring (bicyclic) bond motifs is 1. The van der Waals surface area contributed by atoms with E-state index in [0.29, 0.717) is 6.61 Å². The van der Waals surface area contributed by atoms with Crippen molar-refractivity contribution in [3.05, 3.63) is 102 Å². The van der Waals surface area contributed by atoms with Gasteiger partial charge >= 0.3 is 0 Å². The maximum atomic E-state index is 14.1. The van der Waals surface area contributed by atoms with Crippen LogP contribution in [0.2, 0.25) is 0 Å². The summed E-state index contributed by atoms with van der Waals surface area (Å²) in [6, 6.07) is 27.5. The highest BCUT2D eigenvalue weighted by molar-refractivity contribution is 6.09. The van der Waals surface area contributed by atoms with E-state index in [2.05, 4.69) is 24.3 Å². The lowest BCUT2D eigenvalue weighted by molar-refractivity contribution is -0.255. The van der Waals surface area contributed by atoms with Crippen LogP contribution in [0.4, 0.5) is 5.69 Å². The van der Waals surface area contributed by atoms with Crippen LogP contribution in [-0.4, -0.2) is 35.8 Å². The van der Waals surface area contributed by atoms with Gasteiger partial charge < -0.3 is 18.9 Å². The highest BCUT2D eigenvalue weighted by Crippen LogP contribution is 2.58. The van der Waals surface area contributed by atoms with E-state index in [1.807, 2.05) is 81.4 Å². The fourth-order valence-electron chi connectivity index (χ4n) is 5.48. The second kappa shape index (κ2) is 8.28. The lowest BCUT2D eigenvalue weighted by Gasteiger charge is -2.55. The Bertz CT molecular complexity index is 1210. The van der Waals surface area contributed by atoms with E-state index in [1.165, 1.54) is 0 Å². The summed E-state index contributed by atoms with van der Waals surface area (Å²) in [7, 11) is 0. The summed E-state index contributed by atoms with van der Waals surface area (Å²) in [5.74, 6) is -0.969. The summed E-state index contributed by atoms with van der Waals surface area (Å²) in [5, 5.41) is 0. The fraction of sp³-hybridized carbons (Fsp3) is 0.345. The smallest absolute Gasteiger partial charge is 0.265 e. The number of β-lactam (4-membered cyclic amide) rings is 1. The number of hydrogen-bond acceptors (Lipinski definition) is 5. The van der Waals surface area contributed by atoms with Crippen molar-refractivity contribution in [2.24, 2.45) is 0 Å². The number of carbonyl (C=O) groups is 1. The van der Waals surface area contributed by atoms with Crippen LogP contribution in [0.25, 0.3) is 0 Å². The van der Waals surface area contributed by atoms with E-state index >= 15 is 0 Å². The zero-order valence-corrected chi connectivity index (χ0v) is 20.1. The molecule has 0 aliphatic carbocycles. The molecule has 1 spiro atoms. The topological polar surface area (TPSA) is 57.2 Å². The number of hydrogen-bond donors (Lipinski definition) is 0. The minimum absolute atomic E-state index is 0.147. The molecule has 3 aromatic carbocycles. The van der Waals surface area contributed by atoms with Crippen LogP contribution in [-0.2, 0) is 30.3 Å². The Morgan fingerprint density at radius 2 is 1.51 bits per heavy atom. The highest BCUT2D eigenvalue weighted by atomic mass is 16.8. The first-order valence-corrected chi connectivity index (χ1v) is 12.0. The maximum absolute atomic E-state index is 14.1. The molecule has 6 nitrogen and oxygen atoms in total. The summed E-state index contributed by atoms with van der Waals surface area (Å²) < 4.78 is 25.4. The first-order chi connectivity index (χ1) is 16.9. The standard InChI is InChI=1S/C29H29NO5/c1-19-14-16-21(17-15-19)24-29(27(31)30(24)22-12-8-5-9-13-22)25(32-18-20-10-6-4-7-11-20)23-26(35-29)34-28(2,3)33-23/h4-17,23-26H,18H2,1-3H3/t23-,24+,25-,26+,29+/m1/s1. The third kappa shape index (κ3) is 3.60. The lowest BCUT2D eigenvalue weighted by Crippen LogP contribution is -2.74. The van der Waals surface area contributed by atoms with Gasteiger partial charge in [0, 0.05) is 5.69 Å². The molecule has 3 aromatic rings. The Kier molecular flexibility index (Phi) is 5.31. The number of benzene rings is 3. The summed E-state index contributed by atoms with van der Waals surface area (Å²) in [6.07, 6.45) is -1.86. The number of amides is 1. The van der Waals surface area contributed by atoms with Crippen LogP contribution < -0.4 is 4.90 Å². The van der Waals surface area contributed by atoms with Gasteiger partial charge in [-0.05, 0) is 44.0 Å². The SMILES string of the molecule is Cc1ccc([C@@H]2N(c3ccccc3)C(=O)[C@]23O[C@@H]2OC(C)(C)O[C@@H]2[C@H]3OCc2ccccc2)cc1. The Morgan fingerprint density at radius 1 is 0.857 bits per heavy atom. The predicted octanol–water partition coefficient (Wildman–Crippen LogP) is 4.91. The molecule has 0 bridgehead atoms. The molecule has 35 heavy (non-hydrogen) atoms. The Hall–Kier alpha value is -3.03. The zero-order valence-electron chi connectivity index (χ0n) is 20.1. The third-order valence-electron chi connectivity index (χ3n) is 7.04. The number of ether oxygens (including phenoxy) is 4. The van der Waals surface area contributed by atoms with Gasteiger partial charge in [-0.15, -0.1) is 0 Å². The number of para-hydroxylation sites is 1. The van der Waals surface area contributed by atoms with Crippen LogP contribution in [0.1, 0.15) is 36.6 Å². The van der Waals surface area contributed by atoms with Crippen molar-refractivity contribution in [1.82, 2.24) is 0 Å². The van der Waals surface area contributed by atoms with Crippen molar-refractivity contribution in [2.45, 2.75) is 63.3 Å². The van der Waals surface area contributed by atoms with Crippen molar-refractivity contribution in [2.75, 3.05) is 4.90 Å². The molecule has 3 aliphatic heterocycles. The first-order valence-electron chi connectivity index (χ1n) is 12.0. The second-order valence-corrected chi connectivity index (χ2v) is 9.92. The van der Waals surface area contributed by atoms with E-state index in [1.54, 1.807) is 4.90 Å². The predicted molar refractivity (Wildman–Crippen MR) is 131 cm³/mol. The van der Waals surface area contributed by atoms with Gasteiger partial charge in [-0.25, -0.2) is 0 Å². The normalized spacial score (nSPS) is 30.9. The van der Waals surface area contributed by atoms with Crippen LogP contribution in [0.3, 0.4) is 0 Å². The fourth-order valence-corrected chi connectivity index (χ4v) is 5.48. The molecule has 6 heteroatoms. The van der Waals surface area contributed by atoms with Gasteiger partial charge in [0.2, 0.25) is 5.60 Å². The summed E-state index contributed by atoms with van der Waals surface area (Å²) in [4.78, 5) is 15.9. The molecular weight excluding hydrogens is 442 g/mol. The van der Waals surface area contributed by atoms with E-state index in [9.17, 15) is 4.79 Å². The van der Waals surface area contributed by atoms with Crippen molar-refractivity contribution in [3.63, 3.8) is 0 Å². The zero-order chi connectivity index (χ0) is 24.2. The van der Waals surface area contributed by atoms with Crippen molar-refractivity contribution >= 4 is 11.6 Å². The number of rotatable bonds is 5. The molecule has 0 aromatic heterocycles. The van der Waals surface area contributed by atoms with Crippen LogP contribution in [0.15, 0.2) is 84.9 Å². The molecule has 5 atom stereocenters. The Balaban J connectivity index is 1.42. The van der Waals surface area contributed by atoms with E-state index in [0.717, 1.165) is 22.4 Å². The number of aryl methyl sites for hydroxylation is 1. The minimum Gasteiger partial charge on any atom is -0.367 e. The van der Waals surface area contributed by atoms with Gasteiger partial charge in [0.25, 0.3) is 5.91 Å². The number of carbonyl (C=O) groups excluding carboxylic acids is 1. The molecule has 0 radical (unpaired) electrons. The summed E-state index contributed by atoms with van der Waals surface area (Å²) in [6.45, 7) is 6.09. The van der Waals surface area contributed by atoms with Crippen LogP contribution in [0, 0.1) is 6.92 Å². The average molecular weight is 472 g/mol. The molecular formula is C29H29NO5. The summed E-state index contributed by atoms with van der Waals surface area (Å²) >= 11 is 0. The molecule has 0 saturated carbocycles. The van der Waals surface area contributed by atoms with E-state index < -0.39 is 29.9 Å². The number of nitrogens with zero attached hydrogens (tertiary/aromatic N) is 1. The Labute approximate surface area is 205 Å². The van der Waals surface area contributed by atoms with E-state index in [-0.39, 0.29) is 11.9 Å². The second-order valence-electron chi connectivity index (χ2n) is 9.92. The van der Waals surface area contributed by atoms with Crippen molar-refractivity contribution < 1.29 is 23.7 Å². The van der Waals surface area contributed by atoms with Crippen molar-refractivity contribution in [1.29, 1.82) is 0 Å². The molecule has 3 saturated heterocycles. The first kappa shape index (κ1) is 22.4. The molecule has 3 aliphatic rings. The van der Waals surface area contributed by atoms with Gasteiger partial charge in [0.1, 0.15) is 18.2 Å². The van der Waals surface area contributed by atoms with Gasteiger partial charge in [-0.1, -0.05) is 78.4 Å². The van der Waals surface area contributed by atoms with Gasteiger partial charge in [-0.3, -0.25) is 9.69 Å². The van der Waals surface area contributed by atoms with Crippen LogP contribution in [0.5, 0.6) is 0 Å². The Morgan fingerprint density at radius 3 is 2.20 bits per heavy atom. The molecule has 0 N–H and O–H groups in total. The van der Waals surface area contributed by atoms with Gasteiger partial charge in [0.15, 0.2) is 12.1 Å². The maximum Gasteiger partial charge on any atom is 0.265 e. The molecule has 3 heterocycles. The number of anilines is 1. The van der Waals surface area contributed by atoms with E-state index in [4.69, 9.17) is 18.9 Å². The minimum atomic E-state index is -1.26. The highest BCUT2D eigenvalue weighted by Gasteiger charge is 2.76. The quantitative estimate of drug-likeness (QED) is 0.495. The summed E-state index contributed by atoms with van der Waals surface area (Å²) in [5.41, 5.74) is 2.70. The molecule has 0 unspecified atom stereocenters. The third-order valence-corrected chi connectivity index (χ3v) is 7.04. The van der Waals surface area contributed by atoms with Gasteiger partial charge in [-0.2, -0.15) is 0 Å². The van der Waals surface area contributed by atoms with Crippen LogP contribution >= 0.6 is 0 Å². The lowest BCUT2D eigenvalue weighted by atomic mass is 9.73. The monoisotopic (exact) mass is 471 g/mol. The molecule has 1 amide bonds.